The number of amides is 1. The van der Waals surface area contributed by atoms with Crippen LogP contribution >= 0.6 is 0 Å². The highest BCUT2D eigenvalue weighted by Gasteiger charge is 2.42. The zero-order valence-electron chi connectivity index (χ0n) is 18.1. The van der Waals surface area contributed by atoms with Crippen LogP contribution in [0.4, 0.5) is 5.82 Å². The maximum absolute atomic E-state index is 13.1. The highest BCUT2D eigenvalue weighted by Crippen LogP contribution is 2.32. The Balaban J connectivity index is 1.25. The first-order valence-corrected chi connectivity index (χ1v) is 11.4. The lowest BCUT2D eigenvalue weighted by atomic mass is 9.93. The third-order valence-corrected chi connectivity index (χ3v) is 6.95. The monoisotopic (exact) mass is 426 g/mol. The molecule has 8 nitrogen and oxygen atoms in total. The highest BCUT2D eigenvalue weighted by molar-refractivity contribution is 5.79. The zero-order chi connectivity index (χ0) is 21.4. The molecular weight excluding hydrogens is 396 g/mol. The SMILES string of the molecule is CCn1c(=O)c(N2CCC(C(=O)N3CCC4(CC3)OCCO4)CC2)nc2ccccc21. The number of likely N-dealkylation sites (tertiary alicyclic amines) is 1. The van der Waals surface area contributed by atoms with Crippen LogP contribution in [-0.2, 0) is 20.8 Å². The number of carbonyl (C=O) groups is 1. The highest BCUT2D eigenvalue weighted by atomic mass is 16.7. The van der Waals surface area contributed by atoms with Crippen molar-refractivity contribution in [3.05, 3.63) is 34.6 Å². The molecule has 0 aliphatic carbocycles. The summed E-state index contributed by atoms with van der Waals surface area (Å²) in [6, 6.07) is 7.76. The van der Waals surface area contributed by atoms with Gasteiger partial charge in [0.1, 0.15) is 0 Å². The largest absolute Gasteiger partial charge is 0.352 e. The molecule has 0 bridgehead atoms. The molecule has 3 aliphatic rings. The number of hydrogen-bond acceptors (Lipinski definition) is 6. The molecule has 3 fully saturated rings. The van der Waals surface area contributed by atoms with Crippen molar-refractivity contribution in [2.75, 3.05) is 44.3 Å². The van der Waals surface area contributed by atoms with Crippen LogP contribution in [0.15, 0.2) is 29.1 Å². The molecule has 1 aromatic carbocycles. The third-order valence-electron chi connectivity index (χ3n) is 6.95. The fourth-order valence-corrected chi connectivity index (χ4v) is 5.15. The van der Waals surface area contributed by atoms with Gasteiger partial charge < -0.3 is 23.8 Å². The van der Waals surface area contributed by atoms with Crippen molar-refractivity contribution >= 4 is 22.8 Å². The van der Waals surface area contributed by atoms with Crippen LogP contribution in [0.1, 0.15) is 32.6 Å². The van der Waals surface area contributed by atoms with Crippen molar-refractivity contribution in [3.8, 4) is 0 Å². The lowest BCUT2D eigenvalue weighted by molar-refractivity contribution is -0.188. The van der Waals surface area contributed by atoms with Crippen LogP contribution in [0.2, 0.25) is 0 Å². The van der Waals surface area contributed by atoms with E-state index in [2.05, 4.69) is 9.88 Å². The van der Waals surface area contributed by atoms with Crippen LogP contribution in [-0.4, -0.2) is 65.5 Å². The zero-order valence-corrected chi connectivity index (χ0v) is 18.1. The molecule has 1 amide bonds. The van der Waals surface area contributed by atoms with Gasteiger partial charge in [0.2, 0.25) is 5.91 Å². The molecule has 5 rings (SSSR count). The molecular formula is C23H30N4O4. The molecule has 1 aromatic heterocycles. The van der Waals surface area contributed by atoms with E-state index in [-0.39, 0.29) is 17.4 Å². The average molecular weight is 427 g/mol. The van der Waals surface area contributed by atoms with Crippen LogP contribution in [0.3, 0.4) is 0 Å². The van der Waals surface area contributed by atoms with Gasteiger partial charge in [-0.25, -0.2) is 4.98 Å². The van der Waals surface area contributed by atoms with Crippen molar-refractivity contribution in [1.29, 1.82) is 0 Å². The number of carbonyl (C=O) groups excluding carboxylic acids is 1. The molecule has 2 aromatic rings. The molecule has 8 heteroatoms. The Morgan fingerprint density at radius 3 is 2.45 bits per heavy atom. The number of aromatic nitrogens is 2. The number of benzene rings is 1. The van der Waals surface area contributed by atoms with E-state index in [1.807, 2.05) is 36.1 Å². The Morgan fingerprint density at radius 1 is 1.10 bits per heavy atom. The van der Waals surface area contributed by atoms with Crippen molar-refractivity contribution in [1.82, 2.24) is 14.5 Å². The minimum Gasteiger partial charge on any atom is -0.352 e. The lowest BCUT2D eigenvalue weighted by Gasteiger charge is -2.40. The minimum atomic E-state index is -0.457. The first kappa shape index (κ1) is 20.5. The summed E-state index contributed by atoms with van der Waals surface area (Å²) in [7, 11) is 0. The number of nitrogens with zero attached hydrogens (tertiary/aromatic N) is 4. The van der Waals surface area contributed by atoms with E-state index in [0.717, 1.165) is 36.7 Å². The van der Waals surface area contributed by atoms with Crippen LogP contribution in [0, 0.1) is 5.92 Å². The van der Waals surface area contributed by atoms with E-state index >= 15 is 0 Å². The Kier molecular flexibility index (Phi) is 5.44. The molecule has 0 atom stereocenters. The van der Waals surface area contributed by atoms with Crippen molar-refractivity contribution in [2.24, 2.45) is 5.92 Å². The van der Waals surface area contributed by atoms with Crippen LogP contribution < -0.4 is 10.5 Å². The summed E-state index contributed by atoms with van der Waals surface area (Å²) in [6.45, 7) is 6.60. The predicted octanol–water partition coefficient (Wildman–Crippen LogP) is 2.00. The number of hydrogen-bond donors (Lipinski definition) is 0. The van der Waals surface area contributed by atoms with Gasteiger partial charge in [-0.15, -0.1) is 0 Å². The summed E-state index contributed by atoms with van der Waals surface area (Å²) >= 11 is 0. The second-order valence-electron chi connectivity index (χ2n) is 8.67. The fraction of sp³-hybridized carbons (Fsp3) is 0.609. The number of fused-ring (bicyclic) bond motifs is 1. The number of para-hydroxylation sites is 2. The van der Waals surface area contributed by atoms with Gasteiger partial charge in [0.15, 0.2) is 11.6 Å². The number of piperidine rings is 2. The molecule has 31 heavy (non-hydrogen) atoms. The molecule has 0 unspecified atom stereocenters. The molecule has 4 heterocycles. The Hall–Kier alpha value is -2.45. The van der Waals surface area contributed by atoms with E-state index in [0.29, 0.717) is 51.8 Å². The maximum Gasteiger partial charge on any atom is 0.293 e. The topological polar surface area (TPSA) is 76.9 Å². The van der Waals surface area contributed by atoms with E-state index in [4.69, 9.17) is 9.47 Å². The van der Waals surface area contributed by atoms with E-state index in [9.17, 15) is 9.59 Å². The van der Waals surface area contributed by atoms with E-state index in [1.165, 1.54) is 0 Å². The summed E-state index contributed by atoms with van der Waals surface area (Å²) < 4.78 is 13.3. The van der Waals surface area contributed by atoms with E-state index < -0.39 is 5.79 Å². The Bertz CT molecular complexity index is 1010. The van der Waals surface area contributed by atoms with Gasteiger partial charge in [-0.2, -0.15) is 0 Å². The second-order valence-corrected chi connectivity index (χ2v) is 8.67. The Labute approximate surface area is 181 Å². The standard InChI is InChI=1S/C23H30N4O4/c1-2-27-19-6-4-3-5-18(19)24-20(22(27)29)25-11-7-17(8-12-25)21(28)26-13-9-23(10-14-26)30-15-16-31-23/h3-6,17H,2,7-16H2,1H3. The first-order valence-electron chi connectivity index (χ1n) is 11.4. The molecule has 0 N–H and O–H groups in total. The Morgan fingerprint density at radius 2 is 1.77 bits per heavy atom. The summed E-state index contributed by atoms with van der Waals surface area (Å²) in [5.41, 5.74) is 1.64. The summed E-state index contributed by atoms with van der Waals surface area (Å²) in [5.74, 6) is 0.276. The number of aryl methyl sites for hydroxylation is 1. The van der Waals surface area contributed by atoms with Gasteiger partial charge in [-0.05, 0) is 31.9 Å². The molecule has 166 valence electrons. The smallest absolute Gasteiger partial charge is 0.293 e. The normalized spacial score (nSPS) is 21.8. The number of rotatable bonds is 3. The van der Waals surface area contributed by atoms with Crippen molar-refractivity contribution in [3.63, 3.8) is 0 Å². The van der Waals surface area contributed by atoms with Gasteiger partial charge >= 0.3 is 0 Å². The quantitative estimate of drug-likeness (QED) is 0.747. The third kappa shape index (κ3) is 3.72. The maximum atomic E-state index is 13.1. The summed E-state index contributed by atoms with van der Waals surface area (Å²) in [5, 5.41) is 0. The van der Waals surface area contributed by atoms with Gasteiger partial charge in [0.05, 0.1) is 24.2 Å². The first-order chi connectivity index (χ1) is 15.1. The number of ether oxygens (including phenoxy) is 2. The molecule has 0 saturated carbocycles. The lowest BCUT2D eigenvalue weighted by Crippen LogP contribution is -2.50. The van der Waals surface area contributed by atoms with Gasteiger partial charge in [-0.1, -0.05) is 12.1 Å². The molecule has 3 aliphatic heterocycles. The molecule has 0 radical (unpaired) electrons. The summed E-state index contributed by atoms with van der Waals surface area (Å²) in [4.78, 5) is 34.8. The summed E-state index contributed by atoms with van der Waals surface area (Å²) in [6.07, 6.45) is 2.98. The van der Waals surface area contributed by atoms with Crippen LogP contribution in [0.25, 0.3) is 11.0 Å². The minimum absolute atomic E-state index is 0.00423. The predicted molar refractivity (Wildman–Crippen MR) is 117 cm³/mol. The molecule has 3 saturated heterocycles. The number of anilines is 1. The van der Waals surface area contributed by atoms with Gasteiger partial charge in [0.25, 0.3) is 5.56 Å². The second kappa shape index (κ2) is 8.24. The molecule has 1 spiro atoms. The van der Waals surface area contributed by atoms with Crippen LogP contribution in [0.5, 0.6) is 0 Å². The van der Waals surface area contributed by atoms with Crippen molar-refractivity contribution < 1.29 is 14.3 Å². The van der Waals surface area contributed by atoms with Gasteiger partial charge in [0, 0.05) is 51.5 Å². The average Bonchev–Trinajstić information content (AvgIpc) is 3.27. The van der Waals surface area contributed by atoms with E-state index in [1.54, 1.807) is 4.57 Å². The fourth-order valence-electron chi connectivity index (χ4n) is 5.15. The van der Waals surface area contributed by atoms with Crippen molar-refractivity contribution in [2.45, 2.75) is 44.9 Å². The van der Waals surface area contributed by atoms with Gasteiger partial charge in [-0.3, -0.25) is 9.59 Å².